The third kappa shape index (κ3) is 13.9. The molecule has 0 unspecified atom stereocenters. The molecule has 0 spiro atoms. The van der Waals surface area contributed by atoms with Crippen LogP contribution in [0.1, 0.15) is 99.8 Å². The number of aliphatic hydroxyl groups excluding tert-OH is 2. The number of methoxy groups -OCH3 is 2. The van der Waals surface area contributed by atoms with Crippen molar-refractivity contribution < 1.29 is 67.2 Å². The number of likely N-dealkylation sites (N-methyl/N-ethyl adjacent to an activating group) is 1. The van der Waals surface area contributed by atoms with Gasteiger partial charge < -0.3 is 62.5 Å². The Morgan fingerprint density at radius 1 is 1.02 bits per heavy atom. The summed E-state index contributed by atoms with van der Waals surface area (Å²) in [7, 11) is 6.69. The van der Waals surface area contributed by atoms with Crippen LogP contribution in [0.5, 0.6) is 0 Å². The highest BCUT2D eigenvalue weighted by Gasteiger charge is 2.53. The number of allylic oxidation sites excluding steroid dienone is 2. The predicted molar refractivity (Wildman–Crippen MR) is 215 cm³/mol. The lowest BCUT2D eigenvalue weighted by Gasteiger charge is -2.51. The zero-order valence-corrected chi connectivity index (χ0v) is 36.7. The number of carbonyl (C=O) groups is 3. The molecule has 0 amide bonds. The van der Waals surface area contributed by atoms with Gasteiger partial charge in [-0.05, 0) is 66.5 Å². The molecule has 0 bridgehead atoms. The molecule has 0 saturated carbocycles. The minimum absolute atomic E-state index is 0.0233. The van der Waals surface area contributed by atoms with E-state index in [2.05, 4.69) is 6.92 Å². The normalized spacial score (nSPS) is 40.7. The number of cyclic esters (lactones) is 1. The maximum absolute atomic E-state index is 13.3. The molecule has 16 atom stereocenters. The van der Waals surface area contributed by atoms with Crippen LogP contribution in [-0.2, 0) is 57.0 Å². The Balaban J connectivity index is 2.01. The lowest BCUT2D eigenvalue weighted by atomic mass is 9.82. The van der Waals surface area contributed by atoms with Crippen molar-refractivity contribution in [3.63, 3.8) is 0 Å². The molecule has 3 aliphatic rings. The molecule has 3 aliphatic heterocycles. The van der Waals surface area contributed by atoms with Gasteiger partial charge in [0.25, 0.3) is 0 Å². The van der Waals surface area contributed by atoms with Crippen LogP contribution >= 0.6 is 0 Å². The van der Waals surface area contributed by atoms with Crippen LogP contribution in [0.2, 0.25) is 0 Å². The molecule has 2 N–H and O–H groups in total. The Labute approximate surface area is 346 Å². The van der Waals surface area contributed by atoms with Gasteiger partial charge in [0.05, 0.1) is 42.5 Å². The van der Waals surface area contributed by atoms with Gasteiger partial charge in [-0.3, -0.25) is 9.59 Å². The highest BCUT2D eigenvalue weighted by Crippen LogP contribution is 2.39. The molecule has 2 fully saturated rings. The monoisotopic (exact) mass is 828 g/mol. The molecular weight excluding hydrogens is 754 g/mol. The number of carbonyl (C=O) groups excluding carboxylic acids is 3. The van der Waals surface area contributed by atoms with Crippen molar-refractivity contribution in [2.24, 2.45) is 11.8 Å². The van der Waals surface area contributed by atoms with E-state index in [1.165, 1.54) is 7.11 Å². The summed E-state index contributed by atoms with van der Waals surface area (Å²) in [5.74, 6) is -2.23. The van der Waals surface area contributed by atoms with Gasteiger partial charge in [-0.1, -0.05) is 51.5 Å². The van der Waals surface area contributed by atoms with E-state index < -0.39 is 90.9 Å². The fourth-order valence-corrected chi connectivity index (χ4v) is 8.22. The standard InChI is InChI=1S/C43H73NO14/c1-12-14-22-52-41-29(6)54-35(25-43(41,7)51-11)57-38-28(5)55-42(37(49)36(38)44(8)9)58-39-30(20-21-45)23-26(3)31(46)19-17-15-16-18-27(4)53-34(48)24-32(40(39)50-10)56-33(47)13-2/h15-17,19,21,26-32,35-42,46,49H,12-14,18,20,22-25H2,1-11H3/b16-15+,19-17+/t26-,27-,28+,29-,30+,31+,32-,35-,36+,37+,38+,39+,40+,41-,42-,43+/m1/s1. The topological polar surface area (TPSA) is 178 Å². The second kappa shape index (κ2) is 24.2. The minimum atomic E-state index is -1.31. The van der Waals surface area contributed by atoms with E-state index >= 15 is 0 Å². The van der Waals surface area contributed by atoms with Crippen LogP contribution in [0.3, 0.4) is 0 Å². The molecule has 0 aromatic carbocycles. The van der Waals surface area contributed by atoms with Crippen LogP contribution < -0.4 is 0 Å². The number of aldehydes is 1. The quantitative estimate of drug-likeness (QED) is 0.136. The van der Waals surface area contributed by atoms with Crippen LogP contribution in [0, 0.1) is 11.8 Å². The first-order chi connectivity index (χ1) is 27.5. The fourth-order valence-electron chi connectivity index (χ4n) is 8.22. The first-order valence-electron chi connectivity index (χ1n) is 21.0. The molecule has 0 radical (unpaired) electrons. The van der Waals surface area contributed by atoms with Crippen LogP contribution in [0.25, 0.3) is 0 Å². The highest BCUT2D eigenvalue weighted by molar-refractivity contribution is 5.72. The molecule has 2 saturated heterocycles. The van der Waals surface area contributed by atoms with E-state index in [9.17, 15) is 24.6 Å². The van der Waals surface area contributed by atoms with Crippen LogP contribution in [-0.4, -0.2) is 154 Å². The molecule has 0 aromatic heterocycles. The summed E-state index contributed by atoms with van der Waals surface area (Å²) < 4.78 is 56.1. The predicted octanol–water partition coefficient (Wildman–Crippen LogP) is 4.29. The van der Waals surface area contributed by atoms with Crippen molar-refractivity contribution in [2.45, 2.75) is 185 Å². The second-order valence-corrected chi connectivity index (χ2v) is 16.5. The second-order valence-electron chi connectivity index (χ2n) is 16.5. The van der Waals surface area contributed by atoms with Crippen molar-refractivity contribution in [3.8, 4) is 0 Å². The largest absolute Gasteiger partial charge is 0.462 e. The average molecular weight is 828 g/mol. The molecular formula is C43H73NO14. The van der Waals surface area contributed by atoms with Gasteiger partial charge in [-0.25, -0.2) is 0 Å². The molecule has 0 aromatic rings. The van der Waals surface area contributed by atoms with Gasteiger partial charge in [0.15, 0.2) is 12.6 Å². The number of nitrogens with zero attached hydrogens (tertiary/aromatic N) is 1. The van der Waals surface area contributed by atoms with Gasteiger partial charge in [0, 0.05) is 46.5 Å². The molecule has 15 nitrogen and oxygen atoms in total. The lowest BCUT2D eigenvalue weighted by molar-refractivity contribution is -0.347. The van der Waals surface area contributed by atoms with Crippen molar-refractivity contribution in [1.82, 2.24) is 4.90 Å². The summed E-state index contributed by atoms with van der Waals surface area (Å²) in [6.07, 6.45) is 0.133. The summed E-state index contributed by atoms with van der Waals surface area (Å²) in [4.78, 5) is 40.4. The minimum Gasteiger partial charge on any atom is -0.462 e. The molecule has 3 rings (SSSR count). The van der Waals surface area contributed by atoms with E-state index in [4.69, 9.17) is 42.6 Å². The summed E-state index contributed by atoms with van der Waals surface area (Å²) in [5.41, 5.74) is -0.709. The molecule has 58 heavy (non-hydrogen) atoms. The molecule has 334 valence electrons. The van der Waals surface area contributed by atoms with E-state index in [1.807, 2.05) is 52.8 Å². The van der Waals surface area contributed by atoms with E-state index in [0.29, 0.717) is 19.4 Å². The number of ether oxygens (including phenoxy) is 9. The number of esters is 2. The molecule has 0 aliphatic carbocycles. The number of aliphatic hydroxyl groups is 2. The Bertz CT molecular complexity index is 1310. The number of unbranched alkanes of at least 4 members (excludes halogenated alkanes) is 1. The Hall–Kier alpha value is -2.31. The number of hydrogen-bond donors (Lipinski definition) is 2. The van der Waals surface area contributed by atoms with Gasteiger partial charge in [0.1, 0.15) is 42.9 Å². The maximum atomic E-state index is 13.3. The van der Waals surface area contributed by atoms with E-state index in [1.54, 1.807) is 39.2 Å². The Morgan fingerprint density at radius 2 is 1.74 bits per heavy atom. The van der Waals surface area contributed by atoms with Crippen molar-refractivity contribution in [2.75, 3.05) is 34.9 Å². The number of hydrogen-bond acceptors (Lipinski definition) is 15. The van der Waals surface area contributed by atoms with Gasteiger partial charge >= 0.3 is 11.9 Å². The average Bonchev–Trinajstić information content (AvgIpc) is 3.16. The van der Waals surface area contributed by atoms with Gasteiger partial charge in [-0.15, -0.1) is 0 Å². The van der Waals surface area contributed by atoms with Crippen molar-refractivity contribution in [3.05, 3.63) is 24.3 Å². The fraction of sp³-hybridized carbons (Fsp3) is 0.837. The first-order valence-corrected chi connectivity index (χ1v) is 21.0. The summed E-state index contributed by atoms with van der Waals surface area (Å²) in [6, 6.07) is -0.680. The smallest absolute Gasteiger partial charge is 0.309 e. The maximum Gasteiger partial charge on any atom is 0.309 e. The third-order valence-corrected chi connectivity index (χ3v) is 11.6. The van der Waals surface area contributed by atoms with Crippen LogP contribution in [0.15, 0.2) is 24.3 Å². The Morgan fingerprint density at radius 3 is 2.36 bits per heavy atom. The van der Waals surface area contributed by atoms with E-state index in [0.717, 1.165) is 19.1 Å². The van der Waals surface area contributed by atoms with Crippen molar-refractivity contribution >= 4 is 18.2 Å². The molecule has 3 heterocycles. The first kappa shape index (κ1) is 50.0. The summed E-state index contributed by atoms with van der Waals surface area (Å²) >= 11 is 0. The summed E-state index contributed by atoms with van der Waals surface area (Å²) in [6.45, 7) is 13.7. The zero-order valence-electron chi connectivity index (χ0n) is 36.7. The molecule has 15 heteroatoms. The summed E-state index contributed by atoms with van der Waals surface area (Å²) in [5, 5.41) is 23.3. The zero-order chi connectivity index (χ0) is 43.2. The lowest BCUT2D eigenvalue weighted by Crippen LogP contribution is -2.66. The SMILES string of the molecule is CCCCO[C@@H]1[C@@H](C)O[C@H](O[C@@H]2[C@@H](N(C)C)[C@H](O)[C@@H](O[C@H]3[C@@H](CC=O)C[C@@H](C)[C@@H](O)/C=C/C=C/C[C@@H](C)OC(=O)C[C@@H](OC(=O)CC)[C@@H]3OC)O[C@H]2C)C[C@]1(C)OC. The van der Waals surface area contributed by atoms with Crippen LogP contribution in [0.4, 0.5) is 0 Å². The number of rotatable bonds is 15. The van der Waals surface area contributed by atoms with Crippen molar-refractivity contribution in [1.29, 1.82) is 0 Å². The third-order valence-electron chi connectivity index (χ3n) is 11.6. The Kier molecular flexibility index (Phi) is 20.9. The van der Waals surface area contributed by atoms with E-state index in [-0.39, 0.29) is 43.8 Å². The van der Waals surface area contributed by atoms with Gasteiger partial charge in [0.2, 0.25) is 0 Å². The highest BCUT2D eigenvalue weighted by atomic mass is 16.7. The van der Waals surface area contributed by atoms with Gasteiger partial charge in [-0.2, -0.15) is 0 Å².